The molecule has 3 aromatic rings. The second kappa shape index (κ2) is 12.8. The van der Waals surface area contributed by atoms with Crippen LogP contribution in [-0.4, -0.2) is 38.9 Å². The van der Waals surface area contributed by atoms with Gasteiger partial charge in [0.05, 0.1) is 18.8 Å². The van der Waals surface area contributed by atoms with E-state index in [9.17, 15) is 13.8 Å². The standard InChI is InChI=1S/C26H30N4O5S2/c1-35-26(32)29-21(15-17-7-3-2-4-8-17)24(31)27-22(25-28-20-9-5-6-10-23(20)36-25)16-18-11-13-19(14-12-18)30-37(33)34/h2-4,7-8,11-14,21-22,30H,5-6,9-10,15-16H2,1H3,(H,27,31)(H,29,32)(H,33,34)/t21-,22-/m0/s1. The number of fused-ring (bicyclic) bond motifs is 1. The zero-order chi connectivity index (χ0) is 26.2. The van der Waals surface area contributed by atoms with E-state index >= 15 is 0 Å². The fourth-order valence-corrected chi connectivity index (χ4v) is 5.84. The van der Waals surface area contributed by atoms with Crippen molar-refractivity contribution in [3.05, 3.63) is 81.3 Å². The molecule has 0 fully saturated rings. The van der Waals surface area contributed by atoms with Gasteiger partial charge in [-0.1, -0.05) is 42.5 Å². The number of nitrogens with one attached hydrogen (secondary N) is 3. The number of hydrogen-bond acceptors (Lipinski definition) is 6. The normalized spacial score (nSPS) is 15.1. The molecule has 0 bridgehead atoms. The van der Waals surface area contributed by atoms with E-state index < -0.39 is 29.4 Å². The van der Waals surface area contributed by atoms with Crippen molar-refractivity contribution >= 4 is 40.3 Å². The molecule has 0 radical (unpaired) electrons. The van der Waals surface area contributed by atoms with Crippen LogP contribution in [0.2, 0.25) is 0 Å². The molecule has 1 aliphatic carbocycles. The van der Waals surface area contributed by atoms with Gasteiger partial charge in [0, 0.05) is 17.0 Å². The fraction of sp³-hybridized carbons (Fsp3) is 0.346. The summed E-state index contributed by atoms with van der Waals surface area (Å²) in [5, 5.41) is 6.61. The smallest absolute Gasteiger partial charge is 0.407 e. The van der Waals surface area contributed by atoms with Gasteiger partial charge in [-0.25, -0.2) is 14.0 Å². The minimum atomic E-state index is -2.16. The summed E-state index contributed by atoms with van der Waals surface area (Å²) in [6.07, 6.45) is 4.27. The zero-order valence-electron chi connectivity index (χ0n) is 20.4. The third-order valence-electron chi connectivity index (χ3n) is 6.15. The molecule has 2 aromatic carbocycles. The number of anilines is 1. The van der Waals surface area contributed by atoms with Gasteiger partial charge in [0.1, 0.15) is 11.0 Å². The lowest BCUT2D eigenvalue weighted by Gasteiger charge is -2.22. The van der Waals surface area contributed by atoms with Crippen molar-refractivity contribution in [3.63, 3.8) is 0 Å². The molecule has 4 rings (SSSR count). The summed E-state index contributed by atoms with van der Waals surface area (Å²) in [4.78, 5) is 31.7. The minimum Gasteiger partial charge on any atom is -0.453 e. The summed E-state index contributed by atoms with van der Waals surface area (Å²) in [6.45, 7) is 0. The van der Waals surface area contributed by atoms with Gasteiger partial charge in [0.25, 0.3) is 11.3 Å². The SMILES string of the molecule is COC(=O)N[C@@H](Cc1ccccc1)C(=O)N[C@@H](Cc1ccc(NS(=O)O)cc1)c1nc2c(s1)CCCC2. The van der Waals surface area contributed by atoms with Crippen molar-refractivity contribution in [2.75, 3.05) is 11.8 Å². The van der Waals surface area contributed by atoms with Gasteiger partial charge in [-0.2, -0.15) is 0 Å². The molecule has 3 atom stereocenters. The molecule has 196 valence electrons. The second-order valence-electron chi connectivity index (χ2n) is 8.82. The van der Waals surface area contributed by atoms with E-state index in [0.29, 0.717) is 18.5 Å². The van der Waals surface area contributed by atoms with E-state index in [-0.39, 0.29) is 5.91 Å². The third kappa shape index (κ3) is 7.61. The summed E-state index contributed by atoms with van der Waals surface area (Å²) in [7, 11) is 1.26. The molecule has 0 saturated heterocycles. The van der Waals surface area contributed by atoms with Crippen LogP contribution in [0.3, 0.4) is 0 Å². The highest BCUT2D eigenvalue weighted by Crippen LogP contribution is 2.31. The molecule has 4 N–H and O–H groups in total. The first-order valence-electron chi connectivity index (χ1n) is 12.0. The van der Waals surface area contributed by atoms with Crippen molar-refractivity contribution in [2.24, 2.45) is 0 Å². The molecule has 1 heterocycles. The predicted molar refractivity (Wildman–Crippen MR) is 144 cm³/mol. The van der Waals surface area contributed by atoms with Crippen LogP contribution >= 0.6 is 11.3 Å². The van der Waals surface area contributed by atoms with Gasteiger partial charge >= 0.3 is 6.09 Å². The molecule has 0 spiro atoms. The Balaban J connectivity index is 1.57. The average Bonchev–Trinajstić information content (AvgIpc) is 3.33. The summed E-state index contributed by atoms with van der Waals surface area (Å²) >= 11 is -0.529. The number of methoxy groups -OCH3 is 1. The average molecular weight is 543 g/mol. The molecule has 1 aliphatic rings. The Labute approximate surface area is 222 Å². The van der Waals surface area contributed by atoms with Gasteiger partial charge < -0.3 is 15.4 Å². The highest BCUT2D eigenvalue weighted by Gasteiger charge is 2.28. The highest BCUT2D eigenvalue weighted by atomic mass is 32.2. The molecular weight excluding hydrogens is 512 g/mol. The van der Waals surface area contributed by atoms with Crippen molar-refractivity contribution in [1.29, 1.82) is 0 Å². The van der Waals surface area contributed by atoms with Crippen LogP contribution in [0.15, 0.2) is 54.6 Å². The molecule has 37 heavy (non-hydrogen) atoms. The van der Waals surface area contributed by atoms with Crippen LogP contribution in [0.4, 0.5) is 10.5 Å². The lowest BCUT2D eigenvalue weighted by Crippen LogP contribution is -2.49. The van der Waals surface area contributed by atoms with Crippen LogP contribution in [0.1, 0.15) is 45.6 Å². The first-order valence-corrected chi connectivity index (χ1v) is 14.0. The molecule has 11 heteroatoms. The van der Waals surface area contributed by atoms with Crippen molar-refractivity contribution in [2.45, 2.75) is 50.6 Å². The summed E-state index contributed by atoms with van der Waals surface area (Å²) in [5.74, 6) is -0.332. The van der Waals surface area contributed by atoms with Crippen molar-refractivity contribution in [3.8, 4) is 0 Å². The van der Waals surface area contributed by atoms with E-state index in [1.165, 1.54) is 12.0 Å². The maximum absolute atomic E-state index is 13.5. The number of thiazole rings is 1. The largest absolute Gasteiger partial charge is 0.453 e. The van der Waals surface area contributed by atoms with Crippen LogP contribution in [0.25, 0.3) is 0 Å². The fourth-order valence-electron chi connectivity index (χ4n) is 4.30. The lowest BCUT2D eigenvalue weighted by molar-refractivity contribution is -0.123. The Morgan fingerprint density at radius 1 is 1.03 bits per heavy atom. The minimum absolute atomic E-state index is 0.307. The van der Waals surface area contributed by atoms with Gasteiger partial charge in [0.15, 0.2) is 0 Å². The second-order valence-corrected chi connectivity index (χ2v) is 10.6. The number of aryl methyl sites for hydroxylation is 2. The first kappa shape index (κ1) is 26.8. The number of carbonyl (C=O) groups excluding carboxylic acids is 2. The van der Waals surface area contributed by atoms with Gasteiger partial charge in [-0.15, -0.1) is 11.3 Å². The van der Waals surface area contributed by atoms with E-state index in [4.69, 9.17) is 14.3 Å². The zero-order valence-corrected chi connectivity index (χ0v) is 22.1. The van der Waals surface area contributed by atoms with E-state index in [1.807, 2.05) is 42.5 Å². The van der Waals surface area contributed by atoms with Gasteiger partial charge in [-0.05, 0) is 55.4 Å². The lowest BCUT2D eigenvalue weighted by atomic mass is 10.0. The van der Waals surface area contributed by atoms with Gasteiger partial charge in [0.2, 0.25) is 5.91 Å². The number of hydrogen-bond donors (Lipinski definition) is 4. The van der Waals surface area contributed by atoms with Crippen LogP contribution in [0, 0.1) is 0 Å². The Morgan fingerprint density at radius 2 is 1.73 bits per heavy atom. The summed E-state index contributed by atoms with van der Waals surface area (Å²) in [5.41, 5.74) is 3.45. The molecule has 2 amide bonds. The molecule has 9 nitrogen and oxygen atoms in total. The maximum atomic E-state index is 13.5. The van der Waals surface area contributed by atoms with E-state index in [2.05, 4.69) is 15.4 Å². The molecule has 0 aliphatic heterocycles. The monoisotopic (exact) mass is 542 g/mol. The van der Waals surface area contributed by atoms with Crippen LogP contribution < -0.4 is 15.4 Å². The van der Waals surface area contributed by atoms with Crippen molar-refractivity contribution in [1.82, 2.24) is 15.6 Å². The highest BCUT2D eigenvalue weighted by molar-refractivity contribution is 7.80. The molecule has 0 saturated carbocycles. The Kier molecular flexibility index (Phi) is 9.26. The third-order valence-corrected chi connectivity index (χ3v) is 7.83. The van der Waals surface area contributed by atoms with Crippen LogP contribution in [0.5, 0.6) is 0 Å². The summed E-state index contributed by atoms with van der Waals surface area (Å²) in [6, 6.07) is 15.3. The number of benzene rings is 2. The van der Waals surface area contributed by atoms with Gasteiger partial charge in [-0.3, -0.25) is 14.1 Å². The molecule has 1 aromatic heterocycles. The number of amides is 2. The molecular formula is C26H30N4O5S2. The number of carbonyl (C=O) groups is 2. The number of aromatic nitrogens is 1. The number of rotatable bonds is 10. The topological polar surface area (TPSA) is 130 Å². The Morgan fingerprint density at radius 3 is 2.41 bits per heavy atom. The maximum Gasteiger partial charge on any atom is 0.407 e. The Hall–Kier alpha value is -3.28. The first-order chi connectivity index (χ1) is 17.9. The Bertz CT molecular complexity index is 1210. The summed E-state index contributed by atoms with van der Waals surface area (Å²) < 4.78 is 27.3. The van der Waals surface area contributed by atoms with Crippen molar-refractivity contribution < 1.29 is 23.1 Å². The number of alkyl carbamates (subject to hydrolysis) is 1. The predicted octanol–water partition coefficient (Wildman–Crippen LogP) is 3.94. The number of nitrogens with zero attached hydrogens (tertiary/aromatic N) is 1. The van der Waals surface area contributed by atoms with Crippen LogP contribution in [-0.2, 0) is 46.5 Å². The number of ether oxygens (including phenoxy) is 1. The van der Waals surface area contributed by atoms with E-state index in [0.717, 1.165) is 47.5 Å². The van der Waals surface area contributed by atoms with E-state index in [1.54, 1.807) is 23.5 Å². The quantitative estimate of drug-likeness (QED) is 0.287. The molecule has 1 unspecified atom stereocenters.